The van der Waals surface area contributed by atoms with Crippen LogP contribution in [-0.2, 0) is 18.3 Å². The molecule has 5 atom stereocenters. The number of para-hydroxylation sites is 1. The smallest absolute Gasteiger partial charge is 0.386 e. The first kappa shape index (κ1) is 17.5. The Morgan fingerprint density at radius 2 is 2.07 bits per heavy atom. The molecule has 5 rings (SSSR count). The number of benzene rings is 1. The Bertz CT molecular complexity index is 1060. The Morgan fingerprint density at radius 3 is 2.89 bits per heavy atom. The zero-order chi connectivity index (χ0) is 19.3. The van der Waals surface area contributed by atoms with E-state index in [1.54, 1.807) is 28.8 Å². The Labute approximate surface area is 159 Å². The predicted molar refractivity (Wildman–Crippen MR) is 98.1 cm³/mol. The second kappa shape index (κ2) is 6.50. The molecule has 4 N–H and O–H groups in total. The molecule has 1 unspecified atom stereocenters. The fraction of sp³-hybridized carbons (Fsp3) is 0.312. The van der Waals surface area contributed by atoms with Crippen LogP contribution in [0.4, 0.5) is 11.5 Å². The van der Waals surface area contributed by atoms with Gasteiger partial charge >= 0.3 is 7.75 Å². The number of nitrogens with one attached hydrogen (secondary N) is 1. The summed E-state index contributed by atoms with van der Waals surface area (Å²) in [6, 6.07) is 8.91. The Hall–Kier alpha value is -2.56. The maximum atomic E-state index is 13.0. The van der Waals surface area contributed by atoms with Gasteiger partial charge in [0, 0.05) is 5.69 Å². The molecule has 2 aromatic heterocycles. The Kier molecular flexibility index (Phi) is 4.07. The van der Waals surface area contributed by atoms with Crippen LogP contribution in [0.5, 0.6) is 0 Å². The number of fused-ring (bicyclic) bond motifs is 2. The van der Waals surface area contributed by atoms with E-state index < -0.39 is 32.3 Å². The molecule has 2 saturated heterocycles. The molecule has 0 bridgehead atoms. The summed E-state index contributed by atoms with van der Waals surface area (Å²) >= 11 is 0. The lowest BCUT2D eigenvalue weighted by molar-refractivity contribution is -0.0578. The maximum absolute atomic E-state index is 13.0. The van der Waals surface area contributed by atoms with Crippen molar-refractivity contribution in [2.75, 3.05) is 17.4 Å². The molecule has 12 heteroatoms. The van der Waals surface area contributed by atoms with Gasteiger partial charge in [0.15, 0.2) is 17.7 Å². The first-order valence-corrected chi connectivity index (χ1v) is 10.1. The number of hydrogen-bond acceptors (Lipinski definition) is 9. The number of ether oxygens (including phenoxy) is 1. The summed E-state index contributed by atoms with van der Waals surface area (Å²) < 4.78 is 31.5. The molecule has 3 aromatic rings. The Balaban J connectivity index is 1.40. The lowest BCUT2D eigenvalue weighted by Gasteiger charge is -2.31. The van der Waals surface area contributed by atoms with Gasteiger partial charge in [-0.15, -0.1) is 0 Å². The summed E-state index contributed by atoms with van der Waals surface area (Å²) in [5.41, 5.74) is 7.22. The molecule has 11 nitrogen and oxygen atoms in total. The number of rotatable bonds is 3. The lowest BCUT2D eigenvalue weighted by atomic mass is 10.1. The first-order chi connectivity index (χ1) is 13.5. The predicted octanol–water partition coefficient (Wildman–Crippen LogP) is 1.30. The van der Waals surface area contributed by atoms with Gasteiger partial charge in [-0.05, 0) is 12.1 Å². The van der Waals surface area contributed by atoms with Crippen molar-refractivity contribution in [2.45, 2.75) is 24.5 Å². The average Bonchev–Trinajstić information content (AvgIpc) is 3.25. The summed E-state index contributed by atoms with van der Waals surface area (Å²) in [7, 11) is -3.66. The van der Waals surface area contributed by atoms with E-state index in [1.165, 1.54) is 12.7 Å². The van der Waals surface area contributed by atoms with Crippen molar-refractivity contribution in [1.29, 1.82) is 0 Å². The monoisotopic (exact) mass is 404 g/mol. The SMILES string of the molecule is Nc1ncnc2c1ncn2[C@@H]1O[C@@H]2COP(=O)(Nc3ccccc3)O[C@H]2[C@H]1O. The van der Waals surface area contributed by atoms with Gasteiger partial charge in [0.2, 0.25) is 0 Å². The fourth-order valence-corrected chi connectivity index (χ4v) is 4.93. The van der Waals surface area contributed by atoms with Crippen LogP contribution in [0.3, 0.4) is 0 Å². The molecule has 0 radical (unpaired) electrons. The van der Waals surface area contributed by atoms with E-state index in [1.807, 2.05) is 6.07 Å². The van der Waals surface area contributed by atoms with Crippen LogP contribution in [0, 0.1) is 0 Å². The highest BCUT2D eigenvalue weighted by atomic mass is 31.2. The number of aromatic nitrogens is 4. The van der Waals surface area contributed by atoms with E-state index in [2.05, 4.69) is 20.0 Å². The number of nitrogens with zero attached hydrogens (tertiary/aromatic N) is 4. The number of hydrogen-bond donors (Lipinski definition) is 3. The second-order valence-corrected chi connectivity index (χ2v) is 8.17. The quantitative estimate of drug-likeness (QED) is 0.546. The molecule has 2 aliphatic heterocycles. The third kappa shape index (κ3) is 2.84. The highest BCUT2D eigenvalue weighted by Gasteiger charge is 2.53. The fourth-order valence-electron chi connectivity index (χ4n) is 3.36. The minimum Gasteiger partial charge on any atom is -0.386 e. The van der Waals surface area contributed by atoms with Crippen LogP contribution in [0.25, 0.3) is 11.2 Å². The second-order valence-electron chi connectivity index (χ2n) is 6.48. The normalized spacial score (nSPS) is 32.3. The summed E-state index contributed by atoms with van der Waals surface area (Å²) in [6.45, 7) is -0.000902. The van der Waals surface area contributed by atoms with Crippen molar-refractivity contribution in [3.05, 3.63) is 43.0 Å². The van der Waals surface area contributed by atoms with E-state index >= 15 is 0 Å². The highest BCUT2D eigenvalue weighted by Crippen LogP contribution is 2.55. The highest BCUT2D eigenvalue weighted by molar-refractivity contribution is 7.55. The molecule has 28 heavy (non-hydrogen) atoms. The van der Waals surface area contributed by atoms with E-state index in [-0.39, 0.29) is 12.4 Å². The van der Waals surface area contributed by atoms with E-state index in [0.717, 1.165) is 0 Å². The van der Waals surface area contributed by atoms with Gasteiger partial charge < -0.3 is 15.6 Å². The third-order valence-electron chi connectivity index (χ3n) is 4.68. The molecule has 0 saturated carbocycles. The minimum atomic E-state index is -3.66. The van der Waals surface area contributed by atoms with Crippen molar-refractivity contribution in [3.8, 4) is 0 Å². The number of anilines is 2. The van der Waals surface area contributed by atoms with Gasteiger partial charge in [-0.3, -0.25) is 18.7 Å². The largest absolute Gasteiger partial charge is 0.433 e. The van der Waals surface area contributed by atoms with Crippen LogP contribution in [0.2, 0.25) is 0 Å². The van der Waals surface area contributed by atoms with Gasteiger partial charge in [-0.1, -0.05) is 18.2 Å². The van der Waals surface area contributed by atoms with Crippen molar-refractivity contribution < 1.29 is 23.5 Å². The number of nitrogen functional groups attached to an aromatic ring is 1. The summed E-state index contributed by atoms with van der Waals surface area (Å²) in [6.07, 6.45) is -0.644. The minimum absolute atomic E-state index is 0.000902. The molecule has 4 heterocycles. The molecule has 0 spiro atoms. The van der Waals surface area contributed by atoms with Gasteiger partial charge in [-0.2, -0.15) is 0 Å². The molecule has 2 aliphatic rings. The summed E-state index contributed by atoms with van der Waals surface area (Å²) in [5.74, 6) is 0.227. The molecule has 2 fully saturated rings. The summed E-state index contributed by atoms with van der Waals surface area (Å²) in [4.78, 5) is 12.2. The number of nitrogens with two attached hydrogens (primary N) is 1. The van der Waals surface area contributed by atoms with Gasteiger partial charge in [0.25, 0.3) is 0 Å². The van der Waals surface area contributed by atoms with Gasteiger partial charge in [-0.25, -0.2) is 19.5 Å². The van der Waals surface area contributed by atoms with Crippen LogP contribution in [-0.4, -0.2) is 49.5 Å². The zero-order valence-electron chi connectivity index (χ0n) is 14.5. The van der Waals surface area contributed by atoms with Crippen molar-refractivity contribution >= 4 is 30.4 Å². The van der Waals surface area contributed by atoms with Crippen LogP contribution < -0.4 is 10.8 Å². The maximum Gasteiger partial charge on any atom is 0.433 e. The van der Waals surface area contributed by atoms with Gasteiger partial charge in [0.1, 0.15) is 30.2 Å². The van der Waals surface area contributed by atoms with E-state index in [9.17, 15) is 9.67 Å². The number of aliphatic hydroxyl groups is 1. The van der Waals surface area contributed by atoms with Crippen LogP contribution >= 0.6 is 7.75 Å². The van der Waals surface area contributed by atoms with Crippen molar-refractivity contribution in [1.82, 2.24) is 19.5 Å². The molecular weight excluding hydrogens is 387 g/mol. The first-order valence-electron chi connectivity index (χ1n) is 8.57. The number of imidazole rings is 1. The average molecular weight is 404 g/mol. The zero-order valence-corrected chi connectivity index (χ0v) is 15.3. The number of aliphatic hydroxyl groups excluding tert-OH is 1. The molecule has 0 aliphatic carbocycles. The van der Waals surface area contributed by atoms with Crippen molar-refractivity contribution in [3.63, 3.8) is 0 Å². The molecule has 0 amide bonds. The summed E-state index contributed by atoms with van der Waals surface area (Å²) in [5, 5.41) is 13.6. The molecule has 146 valence electrons. The molecule has 1 aromatic carbocycles. The standard InChI is InChI=1S/C16H17N6O5P/c17-14-11-15(19-7-18-14)22(8-20-11)16-12(23)13-10(26-16)6-25-28(24,27-13)21-9-4-2-1-3-5-9/h1-5,7-8,10,12-13,16,23H,6H2,(H,21,24)(H2,17,18,19)/t10-,12-,13-,16-,28?/m1/s1. The van der Waals surface area contributed by atoms with Gasteiger partial charge in [0.05, 0.1) is 12.9 Å². The molecular formula is C16H17N6O5P. The third-order valence-corrected chi connectivity index (χ3v) is 6.22. The van der Waals surface area contributed by atoms with Crippen molar-refractivity contribution in [2.24, 2.45) is 0 Å². The van der Waals surface area contributed by atoms with E-state index in [0.29, 0.717) is 16.9 Å². The van der Waals surface area contributed by atoms with Crippen LogP contribution in [0.15, 0.2) is 43.0 Å². The topological polar surface area (TPSA) is 147 Å². The van der Waals surface area contributed by atoms with E-state index in [4.69, 9.17) is 19.5 Å². The van der Waals surface area contributed by atoms with Crippen LogP contribution in [0.1, 0.15) is 6.23 Å². The Morgan fingerprint density at radius 1 is 1.25 bits per heavy atom. The lowest BCUT2D eigenvalue weighted by Crippen LogP contribution is -2.40.